The third kappa shape index (κ3) is 12.6. The van der Waals surface area contributed by atoms with E-state index in [0.29, 0.717) is 24.7 Å². The molecule has 0 fully saturated rings. The van der Waals surface area contributed by atoms with E-state index in [1.807, 2.05) is 0 Å². The Kier molecular flexibility index (Phi) is 10.2. The Morgan fingerprint density at radius 3 is 2.17 bits per heavy atom. The van der Waals surface area contributed by atoms with Gasteiger partial charge in [-0.3, -0.25) is 0 Å². The quantitative estimate of drug-likeness (QED) is 0.221. The molecule has 0 aromatic carbocycles. The van der Waals surface area contributed by atoms with Crippen LogP contribution in [0.25, 0.3) is 0 Å². The molecule has 136 valence electrons. The monoisotopic (exact) mass is 360 g/mol. The third-order valence-electron chi connectivity index (χ3n) is 3.20. The highest BCUT2D eigenvalue weighted by Crippen LogP contribution is 2.27. The molecule has 6 heteroatoms. The van der Waals surface area contributed by atoms with Crippen LogP contribution in [0.1, 0.15) is 27.2 Å². The van der Waals surface area contributed by atoms with Gasteiger partial charge in [0.2, 0.25) is 0 Å². The van der Waals surface area contributed by atoms with E-state index in [-0.39, 0.29) is 12.6 Å². The Balaban J connectivity index is 4.04. The van der Waals surface area contributed by atoms with Crippen LogP contribution >= 0.6 is 0 Å². The maximum Gasteiger partial charge on any atom is 0.333 e. The Morgan fingerprint density at radius 2 is 1.70 bits per heavy atom. The van der Waals surface area contributed by atoms with Crippen molar-refractivity contribution in [3.05, 3.63) is 12.2 Å². The molecule has 0 rings (SSSR count). The van der Waals surface area contributed by atoms with Crippen molar-refractivity contribution in [1.82, 2.24) is 0 Å². The minimum atomic E-state index is -1.66. The first-order valence-electron chi connectivity index (χ1n) is 8.56. The van der Waals surface area contributed by atoms with Crippen molar-refractivity contribution in [2.45, 2.75) is 65.5 Å². The second kappa shape index (κ2) is 10.4. The molecule has 0 aliphatic heterocycles. The van der Waals surface area contributed by atoms with Crippen molar-refractivity contribution in [2.75, 3.05) is 19.8 Å². The molecule has 1 unspecified atom stereocenters. The molecule has 0 amide bonds. The summed E-state index contributed by atoms with van der Waals surface area (Å²) in [6.07, 6.45) is 1.01. The van der Waals surface area contributed by atoms with Crippen LogP contribution in [-0.2, 0) is 18.4 Å². The van der Waals surface area contributed by atoms with E-state index in [2.05, 4.69) is 46.6 Å². The number of rotatable bonds is 12. The number of esters is 1. The van der Waals surface area contributed by atoms with Gasteiger partial charge in [0.1, 0.15) is 6.61 Å². The van der Waals surface area contributed by atoms with Gasteiger partial charge in [-0.1, -0.05) is 20.4 Å². The normalized spacial score (nSPS) is 14.6. The Morgan fingerprint density at radius 1 is 1.09 bits per heavy atom. The fourth-order valence-electron chi connectivity index (χ4n) is 2.76. The standard InChI is InChI=1S/C17H36O4Si2/c1-15(2)14-23(8,21-22(5,6)7)13-9-10-19-11-12-20-17(18)16(3)4/h15H,3,9-14H2,1-2,4-8H3. The van der Waals surface area contributed by atoms with Gasteiger partial charge in [0.15, 0.2) is 16.6 Å². The first-order valence-corrected chi connectivity index (χ1v) is 14.8. The summed E-state index contributed by atoms with van der Waals surface area (Å²) >= 11 is 0. The molecule has 0 heterocycles. The van der Waals surface area contributed by atoms with Crippen LogP contribution in [0.3, 0.4) is 0 Å². The van der Waals surface area contributed by atoms with E-state index in [1.54, 1.807) is 6.92 Å². The molecule has 4 nitrogen and oxygen atoms in total. The summed E-state index contributed by atoms with van der Waals surface area (Å²) in [4.78, 5) is 11.2. The van der Waals surface area contributed by atoms with Gasteiger partial charge in [-0.25, -0.2) is 4.79 Å². The lowest BCUT2D eigenvalue weighted by molar-refractivity contribution is -0.140. The van der Waals surface area contributed by atoms with Crippen LogP contribution in [-0.4, -0.2) is 42.4 Å². The predicted molar refractivity (Wildman–Crippen MR) is 102 cm³/mol. The lowest BCUT2D eigenvalue weighted by atomic mass is 10.3. The van der Waals surface area contributed by atoms with Gasteiger partial charge in [-0.15, -0.1) is 0 Å². The van der Waals surface area contributed by atoms with Crippen LogP contribution in [0, 0.1) is 5.92 Å². The minimum absolute atomic E-state index is 0.289. The number of hydrogen-bond acceptors (Lipinski definition) is 4. The average Bonchev–Trinajstić information content (AvgIpc) is 2.33. The maximum absolute atomic E-state index is 11.2. The first kappa shape index (κ1) is 22.6. The summed E-state index contributed by atoms with van der Waals surface area (Å²) in [7, 11) is -3.17. The minimum Gasteiger partial charge on any atom is -0.460 e. The van der Waals surface area contributed by atoms with Gasteiger partial charge in [0.25, 0.3) is 0 Å². The summed E-state index contributed by atoms with van der Waals surface area (Å²) in [6, 6.07) is 2.33. The van der Waals surface area contributed by atoms with Gasteiger partial charge in [-0.2, -0.15) is 0 Å². The third-order valence-corrected chi connectivity index (χ3v) is 10.7. The zero-order valence-corrected chi connectivity index (χ0v) is 18.2. The van der Waals surface area contributed by atoms with E-state index in [4.69, 9.17) is 13.6 Å². The molecular formula is C17H36O4Si2. The van der Waals surface area contributed by atoms with E-state index in [0.717, 1.165) is 12.5 Å². The highest BCUT2D eigenvalue weighted by molar-refractivity contribution is 6.84. The number of ether oxygens (including phenoxy) is 2. The molecular weight excluding hydrogens is 324 g/mol. The highest BCUT2D eigenvalue weighted by Gasteiger charge is 2.34. The van der Waals surface area contributed by atoms with Gasteiger partial charge in [-0.05, 0) is 57.5 Å². The van der Waals surface area contributed by atoms with Crippen molar-refractivity contribution < 1.29 is 18.4 Å². The SMILES string of the molecule is C=C(C)C(=O)OCCOCCC[Si](C)(CC(C)C)O[Si](C)(C)C. The predicted octanol–water partition coefficient (Wildman–Crippen LogP) is 4.60. The zero-order chi connectivity index (χ0) is 18.1. The number of carbonyl (C=O) groups is 1. The van der Waals surface area contributed by atoms with Gasteiger partial charge in [0, 0.05) is 12.2 Å². The number of hydrogen-bond donors (Lipinski definition) is 0. The molecule has 0 bridgehead atoms. The van der Waals surface area contributed by atoms with E-state index >= 15 is 0 Å². The average molecular weight is 361 g/mol. The van der Waals surface area contributed by atoms with Gasteiger partial charge < -0.3 is 13.6 Å². The largest absolute Gasteiger partial charge is 0.460 e. The maximum atomic E-state index is 11.2. The van der Waals surface area contributed by atoms with Crippen molar-refractivity contribution in [3.63, 3.8) is 0 Å². The zero-order valence-electron chi connectivity index (χ0n) is 16.2. The van der Waals surface area contributed by atoms with Crippen LogP contribution in [0.2, 0.25) is 38.3 Å². The fraction of sp³-hybridized carbons (Fsp3) is 0.824. The van der Waals surface area contributed by atoms with Crippen LogP contribution < -0.4 is 0 Å². The fourth-order valence-corrected chi connectivity index (χ4v) is 12.2. The molecule has 0 aromatic heterocycles. The van der Waals surface area contributed by atoms with Gasteiger partial charge >= 0.3 is 5.97 Å². The molecule has 0 spiro atoms. The lowest BCUT2D eigenvalue weighted by Crippen LogP contribution is -2.45. The second-order valence-electron chi connectivity index (χ2n) is 7.89. The van der Waals surface area contributed by atoms with Crippen molar-refractivity contribution in [2.24, 2.45) is 5.92 Å². The molecule has 0 radical (unpaired) electrons. The second-order valence-corrected chi connectivity index (χ2v) is 16.7. The summed E-state index contributed by atoms with van der Waals surface area (Å²) in [5, 5.41) is 0. The summed E-state index contributed by atoms with van der Waals surface area (Å²) in [5.74, 6) is 0.319. The molecule has 1 atom stereocenters. The summed E-state index contributed by atoms with van der Waals surface area (Å²) in [5.41, 5.74) is 0.420. The Hall–Kier alpha value is -0.436. The summed E-state index contributed by atoms with van der Waals surface area (Å²) < 4.78 is 17.1. The van der Waals surface area contributed by atoms with E-state index < -0.39 is 16.6 Å². The molecule has 0 saturated heterocycles. The first-order chi connectivity index (χ1) is 10.5. The Labute approximate surface area is 144 Å². The molecule has 23 heavy (non-hydrogen) atoms. The van der Waals surface area contributed by atoms with Crippen LogP contribution in [0.5, 0.6) is 0 Å². The molecule has 0 saturated carbocycles. The smallest absolute Gasteiger partial charge is 0.333 e. The molecule has 0 aliphatic carbocycles. The molecule has 0 N–H and O–H groups in total. The lowest BCUT2D eigenvalue weighted by Gasteiger charge is -2.36. The highest BCUT2D eigenvalue weighted by atomic mass is 28.4. The number of carbonyl (C=O) groups excluding carboxylic acids is 1. The molecule has 0 aliphatic rings. The van der Waals surface area contributed by atoms with Crippen molar-refractivity contribution in [1.29, 1.82) is 0 Å². The van der Waals surface area contributed by atoms with Crippen molar-refractivity contribution in [3.8, 4) is 0 Å². The summed E-state index contributed by atoms with van der Waals surface area (Å²) in [6.45, 7) is 20.3. The van der Waals surface area contributed by atoms with E-state index in [9.17, 15) is 4.79 Å². The van der Waals surface area contributed by atoms with Crippen LogP contribution in [0.15, 0.2) is 12.2 Å². The Bertz CT molecular complexity index is 377. The van der Waals surface area contributed by atoms with Gasteiger partial charge in [0.05, 0.1) is 6.61 Å². The molecule has 0 aromatic rings. The van der Waals surface area contributed by atoms with E-state index in [1.165, 1.54) is 6.04 Å². The van der Waals surface area contributed by atoms with Crippen LogP contribution in [0.4, 0.5) is 0 Å². The topological polar surface area (TPSA) is 44.8 Å². The van der Waals surface area contributed by atoms with Crippen molar-refractivity contribution >= 4 is 22.6 Å².